The first-order valence-electron chi connectivity index (χ1n) is 6.62. The first kappa shape index (κ1) is 15.2. The molecule has 0 aliphatic heterocycles. The summed E-state index contributed by atoms with van der Waals surface area (Å²) in [6.07, 6.45) is 3.31. The Balaban J connectivity index is 2.42. The molecule has 1 atom stereocenters. The number of nitrogens with one attached hydrogen (secondary N) is 1. The van der Waals surface area contributed by atoms with Gasteiger partial charge in [-0.1, -0.05) is 19.9 Å². The first-order valence-corrected chi connectivity index (χ1v) is 6.62. The normalized spacial score (nSPS) is 12.5. The lowest BCUT2D eigenvalue weighted by atomic mass is 10.0. The molecule has 0 fully saturated rings. The van der Waals surface area contributed by atoms with Gasteiger partial charge in [-0.3, -0.25) is 4.79 Å². The fraction of sp³-hybridized carbons (Fsp3) is 0.333. The van der Waals surface area contributed by atoms with E-state index in [2.05, 4.69) is 10.3 Å². The third kappa shape index (κ3) is 3.26. The van der Waals surface area contributed by atoms with Crippen molar-refractivity contribution >= 4 is 5.91 Å². The molecule has 0 unspecified atom stereocenters. The minimum Gasteiger partial charge on any atom is -0.342 e. The van der Waals surface area contributed by atoms with E-state index in [4.69, 9.17) is 0 Å². The average molecular weight is 293 g/mol. The molecule has 1 aromatic carbocycles. The van der Waals surface area contributed by atoms with Crippen molar-refractivity contribution in [3.63, 3.8) is 0 Å². The van der Waals surface area contributed by atoms with Crippen LogP contribution in [0.15, 0.2) is 30.6 Å². The summed E-state index contributed by atoms with van der Waals surface area (Å²) < 4.78 is 28.3. The molecule has 0 bridgehead atoms. The Bertz CT molecular complexity index is 652. The van der Waals surface area contributed by atoms with Gasteiger partial charge in [-0.05, 0) is 17.7 Å². The molecule has 1 aromatic heterocycles. The number of nitrogens with zero attached hydrogens (tertiary/aromatic N) is 2. The Morgan fingerprint density at radius 3 is 2.52 bits per heavy atom. The monoisotopic (exact) mass is 293 g/mol. The van der Waals surface area contributed by atoms with Crippen molar-refractivity contribution in [2.24, 2.45) is 13.0 Å². The number of amides is 1. The predicted molar refractivity (Wildman–Crippen MR) is 74.4 cm³/mol. The van der Waals surface area contributed by atoms with Crippen LogP contribution in [0.3, 0.4) is 0 Å². The van der Waals surface area contributed by atoms with Gasteiger partial charge in [0.15, 0.2) is 11.6 Å². The quantitative estimate of drug-likeness (QED) is 0.941. The van der Waals surface area contributed by atoms with Gasteiger partial charge in [0.05, 0.1) is 0 Å². The van der Waals surface area contributed by atoms with Gasteiger partial charge in [0.25, 0.3) is 0 Å². The Labute approximate surface area is 121 Å². The Kier molecular flexibility index (Phi) is 4.35. The van der Waals surface area contributed by atoms with Crippen LogP contribution >= 0.6 is 0 Å². The number of carbonyl (C=O) groups excluding carboxylic acids is 1. The predicted octanol–water partition coefficient (Wildman–Crippen LogP) is 2.56. The fourth-order valence-electron chi connectivity index (χ4n) is 1.95. The molecule has 0 aliphatic rings. The molecule has 4 nitrogen and oxygen atoms in total. The van der Waals surface area contributed by atoms with Crippen molar-refractivity contribution in [1.82, 2.24) is 14.9 Å². The summed E-state index contributed by atoms with van der Waals surface area (Å²) in [5, 5.41) is 2.81. The summed E-state index contributed by atoms with van der Waals surface area (Å²) in [6, 6.07) is 2.94. The minimum absolute atomic E-state index is 0.187. The van der Waals surface area contributed by atoms with Crippen molar-refractivity contribution in [2.45, 2.75) is 19.9 Å². The summed E-state index contributed by atoms with van der Waals surface area (Å²) in [7, 11) is 1.77. The van der Waals surface area contributed by atoms with Gasteiger partial charge in [-0.2, -0.15) is 0 Å². The maximum absolute atomic E-state index is 13.5. The number of benzene rings is 1. The molecule has 0 radical (unpaired) electrons. The van der Waals surface area contributed by atoms with Crippen LogP contribution in [0.4, 0.5) is 8.78 Å². The summed E-state index contributed by atoms with van der Waals surface area (Å²) in [5.41, 5.74) is 0.442. The smallest absolute Gasteiger partial charge is 0.223 e. The van der Waals surface area contributed by atoms with Gasteiger partial charge in [0.2, 0.25) is 5.91 Å². The number of hydrogen-bond donors (Lipinski definition) is 1. The topological polar surface area (TPSA) is 46.9 Å². The Hall–Kier alpha value is -2.24. The molecule has 1 heterocycles. The number of aryl methyl sites for hydroxylation is 1. The number of rotatable bonds is 4. The number of halogens is 2. The summed E-state index contributed by atoms with van der Waals surface area (Å²) in [6.45, 7) is 3.52. The SMILES string of the molecule is CC(C)C(=O)N[C@H](c1ccc(F)c(F)c1)c1nccn1C. The number of aromatic nitrogens is 2. The van der Waals surface area contributed by atoms with Crippen molar-refractivity contribution in [3.8, 4) is 0 Å². The van der Waals surface area contributed by atoms with Crippen molar-refractivity contribution in [3.05, 3.63) is 53.6 Å². The first-order chi connectivity index (χ1) is 9.90. The van der Waals surface area contributed by atoms with E-state index in [0.29, 0.717) is 11.4 Å². The van der Waals surface area contributed by atoms with E-state index >= 15 is 0 Å². The van der Waals surface area contributed by atoms with E-state index in [1.54, 1.807) is 37.9 Å². The van der Waals surface area contributed by atoms with E-state index in [1.165, 1.54) is 6.07 Å². The summed E-state index contributed by atoms with van der Waals surface area (Å²) >= 11 is 0. The van der Waals surface area contributed by atoms with Gasteiger partial charge in [0, 0.05) is 25.4 Å². The summed E-state index contributed by atoms with van der Waals surface area (Å²) in [5.74, 6) is -1.74. The molecule has 0 saturated heterocycles. The van der Waals surface area contributed by atoms with Crippen LogP contribution in [0.25, 0.3) is 0 Å². The second kappa shape index (κ2) is 6.03. The second-order valence-electron chi connectivity index (χ2n) is 5.17. The molecule has 112 valence electrons. The fourth-order valence-corrected chi connectivity index (χ4v) is 1.95. The lowest BCUT2D eigenvalue weighted by molar-refractivity contribution is -0.124. The minimum atomic E-state index is -0.953. The highest BCUT2D eigenvalue weighted by Gasteiger charge is 2.23. The van der Waals surface area contributed by atoms with Crippen molar-refractivity contribution in [2.75, 3.05) is 0 Å². The standard InChI is InChI=1S/C15H17F2N3O/c1-9(2)15(21)19-13(14-18-6-7-20(14)3)10-4-5-11(16)12(17)8-10/h4-9,13H,1-3H3,(H,19,21)/t13-/m1/s1. The molecule has 1 amide bonds. The third-order valence-corrected chi connectivity index (χ3v) is 3.20. The van der Waals surface area contributed by atoms with E-state index in [9.17, 15) is 13.6 Å². The molecule has 0 spiro atoms. The van der Waals surface area contributed by atoms with Crippen LogP contribution in [0.5, 0.6) is 0 Å². The molecular formula is C15H17F2N3O. The Morgan fingerprint density at radius 1 is 1.29 bits per heavy atom. The van der Waals surface area contributed by atoms with Crippen LogP contribution in [0.2, 0.25) is 0 Å². The van der Waals surface area contributed by atoms with Crippen LogP contribution in [-0.4, -0.2) is 15.5 Å². The second-order valence-corrected chi connectivity index (χ2v) is 5.17. The van der Waals surface area contributed by atoms with Gasteiger partial charge in [-0.15, -0.1) is 0 Å². The highest BCUT2D eigenvalue weighted by atomic mass is 19.2. The zero-order valence-electron chi connectivity index (χ0n) is 12.1. The van der Waals surface area contributed by atoms with E-state index in [1.807, 2.05) is 0 Å². The molecule has 1 N–H and O–H groups in total. The number of hydrogen-bond acceptors (Lipinski definition) is 2. The molecule has 0 saturated carbocycles. The summed E-state index contributed by atoms with van der Waals surface area (Å²) in [4.78, 5) is 16.2. The molecule has 2 aromatic rings. The molecule has 21 heavy (non-hydrogen) atoms. The average Bonchev–Trinajstić information content (AvgIpc) is 2.85. The number of imidazole rings is 1. The van der Waals surface area contributed by atoms with E-state index < -0.39 is 17.7 Å². The lowest BCUT2D eigenvalue weighted by Crippen LogP contribution is -2.34. The zero-order valence-corrected chi connectivity index (χ0v) is 12.1. The highest BCUT2D eigenvalue weighted by Crippen LogP contribution is 2.22. The van der Waals surface area contributed by atoms with E-state index in [-0.39, 0.29) is 11.8 Å². The van der Waals surface area contributed by atoms with E-state index in [0.717, 1.165) is 12.1 Å². The molecule has 6 heteroatoms. The van der Waals surface area contributed by atoms with Crippen LogP contribution < -0.4 is 5.32 Å². The van der Waals surface area contributed by atoms with Crippen LogP contribution in [0, 0.1) is 17.6 Å². The molecule has 2 rings (SSSR count). The molecular weight excluding hydrogens is 276 g/mol. The largest absolute Gasteiger partial charge is 0.342 e. The van der Waals surface area contributed by atoms with Gasteiger partial charge in [0.1, 0.15) is 11.9 Å². The van der Waals surface area contributed by atoms with Crippen molar-refractivity contribution in [1.29, 1.82) is 0 Å². The maximum Gasteiger partial charge on any atom is 0.223 e. The maximum atomic E-state index is 13.5. The van der Waals surface area contributed by atoms with Crippen LogP contribution in [0.1, 0.15) is 31.3 Å². The van der Waals surface area contributed by atoms with Gasteiger partial charge < -0.3 is 9.88 Å². The molecule has 0 aliphatic carbocycles. The Morgan fingerprint density at radius 2 is 2.00 bits per heavy atom. The number of carbonyl (C=O) groups is 1. The zero-order chi connectivity index (χ0) is 15.6. The third-order valence-electron chi connectivity index (χ3n) is 3.20. The van der Waals surface area contributed by atoms with Crippen molar-refractivity contribution < 1.29 is 13.6 Å². The highest BCUT2D eigenvalue weighted by molar-refractivity contribution is 5.78. The van der Waals surface area contributed by atoms with Crippen LogP contribution in [-0.2, 0) is 11.8 Å². The lowest BCUT2D eigenvalue weighted by Gasteiger charge is -2.20. The van der Waals surface area contributed by atoms with Gasteiger partial charge in [-0.25, -0.2) is 13.8 Å². The van der Waals surface area contributed by atoms with Gasteiger partial charge >= 0.3 is 0 Å².